The fourth-order valence-corrected chi connectivity index (χ4v) is 4.83. The first-order valence-corrected chi connectivity index (χ1v) is 10.5. The molecule has 4 nitrogen and oxygen atoms in total. The monoisotopic (exact) mass is 400 g/mol. The quantitative estimate of drug-likeness (QED) is 0.388. The Hall–Kier alpha value is -3.09. The zero-order valence-electron chi connectivity index (χ0n) is 14.9. The van der Waals surface area contributed by atoms with E-state index >= 15 is 0 Å². The van der Waals surface area contributed by atoms with E-state index in [0.717, 1.165) is 38.7 Å². The van der Waals surface area contributed by atoms with E-state index in [-0.39, 0.29) is 0 Å². The molecule has 0 fully saturated rings. The highest BCUT2D eigenvalue weighted by Gasteiger charge is 2.08. The number of anilines is 1. The van der Waals surface area contributed by atoms with Crippen LogP contribution < -0.4 is 5.32 Å². The lowest BCUT2D eigenvalue weighted by Gasteiger charge is -2.06. The number of thiophene rings is 1. The molecule has 0 aliphatic heterocycles. The molecule has 1 aromatic carbocycles. The van der Waals surface area contributed by atoms with Crippen LogP contribution in [-0.4, -0.2) is 15.0 Å². The Morgan fingerprint density at radius 2 is 1.89 bits per heavy atom. The van der Waals surface area contributed by atoms with Crippen LogP contribution in [0.4, 0.5) is 5.69 Å². The predicted octanol–water partition coefficient (Wildman–Crippen LogP) is 6.09. The third kappa shape index (κ3) is 3.52. The molecule has 0 amide bonds. The molecule has 0 unspecified atom stereocenters. The van der Waals surface area contributed by atoms with Gasteiger partial charge in [-0.05, 0) is 42.5 Å². The van der Waals surface area contributed by atoms with Crippen LogP contribution in [0.3, 0.4) is 0 Å². The maximum absolute atomic E-state index is 4.73. The van der Waals surface area contributed by atoms with Gasteiger partial charge >= 0.3 is 0 Å². The van der Waals surface area contributed by atoms with Crippen LogP contribution in [0.15, 0.2) is 79.3 Å². The van der Waals surface area contributed by atoms with Crippen molar-refractivity contribution in [1.29, 1.82) is 0 Å². The van der Waals surface area contributed by atoms with Crippen LogP contribution >= 0.6 is 22.7 Å². The first-order valence-electron chi connectivity index (χ1n) is 8.90. The molecule has 0 bridgehead atoms. The summed E-state index contributed by atoms with van der Waals surface area (Å²) in [5.41, 5.74) is 4.22. The average Bonchev–Trinajstić information content (AvgIpc) is 3.40. The van der Waals surface area contributed by atoms with Crippen molar-refractivity contribution in [1.82, 2.24) is 15.0 Å². The van der Waals surface area contributed by atoms with Crippen molar-refractivity contribution in [3.05, 3.63) is 84.1 Å². The van der Waals surface area contributed by atoms with Crippen molar-refractivity contribution in [2.24, 2.45) is 0 Å². The Morgan fingerprint density at radius 3 is 2.79 bits per heavy atom. The van der Waals surface area contributed by atoms with Crippen molar-refractivity contribution in [3.63, 3.8) is 0 Å². The minimum atomic E-state index is 0.782. The van der Waals surface area contributed by atoms with Crippen molar-refractivity contribution in [2.45, 2.75) is 6.54 Å². The summed E-state index contributed by atoms with van der Waals surface area (Å²) < 4.78 is 1.11. The number of thiazole rings is 1. The number of aromatic nitrogens is 3. The molecule has 0 atom stereocenters. The molecule has 6 heteroatoms. The summed E-state index contributed by atoms with van der Waals surface area (Å²) in [6.45, 7) is 0.782. The van der Waals surface area contributed by atoms with E-state index in [4.69, 9.17) is 4.98 Å². The van der Waals surface area contributed by atoms with Gasteiger partial charge in [0.15, 0.2) is 0 Å². The highest BCUT2D eigenvalue weighted by molar-refractivity contribution is 7.21. The van der Waals surface area contributed by atoms with Crippen molar-refractivity contribution >= 4 is 38.6 Å². The topological polar surface area (TPSA) is 50.7 Å². The third-order valence-corrected chi connectivity index (χ3v) is 6.51. The number of nitrogens with one attached hydrogen (secondary N) is 1. The number of benzene rings is 1. The minimum absolute atomic E-state index is 0.782. The SMILES string of the molecule is c1ccc(-c2ccc(CNc3cccc(-c4nc5ccncc5s4)c3)s2)nc1. The molecule has 0 aliphatic rings. The Bertz CT molecular complexity index is 1190. The number of hydrogen-bond acceptors (Lipinski definition) is 6. The zero-order chi connectivity index (χ0) is 18.8. The molecule has 136 valence electrons. The van der Waals surface area contributed by atoms with Gasteiger partial charge in [0, 0.05) is 41.3 Å². The molecule has 4 aromatic heterocycles. The summed E-state index contributed by atoms with van der Waals surface area (Å²) in [6, 6.07) is 20.6. The summed E-state index contributed by atoms with van der Waals surface area (Å²) in [4.78, 5) is 15.8. The van der Waals surface area contributed by atoms with Gasteiger partial charge in [-0.2, -0.15) is 0 Å². The summed E-state index contributed by atoms with van der Waals surface area (Å²) in [5, 5.41) is 4.54. The lowest BCUT2D eigenvalue weighted by Crippen LogP contribution is -1.97. The number of rotatable bonds is 5. The Kier molecular flexibility index (Phi) is 4.56. The fourth-order valence-electron chi connectivity index (χ4n) is 2.97. The van der Waals surface area contributed by atoms with Gasteiger partial charge in [-0.25, -0.2) is 4.98 Å². The number of nitrogens with zero attached hydrogens (tertiary/aromatic N) is 3. The molecule has 0 spiro atoms. The highest BCUT2D eigenvalue weighted by Crippen LogP contribution is 2.31. The molecule has 0 radical (unpaired) electrons. The lowest BCUT2D eigenvalue weighted by atomic mass is 10.2. The van der Waals surface area contributed by atoms with E-state index in [1.165, 1.54) is 9.75 Å². The van der Waals surface area contributed by atoms with Gasteiger partial charge in [0.2, 0.25) is 0 Å². The maximum atomic E-state index is 4.73. The van der Waals surface area contributed by atoms with Gasteiger partial charge in [-0.1, -0.05) is 18.2 Å². The molecule has 1 N–H and O–H groups in total. The van der Waals surface area contributed by atoms with Crippen molar-refractivity contribution in [2.75, 3.05) is 5.32 Å². The standard InChI is InChI=1S/C22H16N4S2/c1-2-10-24-18(6-1)20-8-7-17(27-20)13-25-16-5-3-4-15(12-16)22-26-19-9-11-23-14-21(19)28-22/h1-12,14,25H,13H2. The van der Waals surface area contributed by atoms with Gasteiger partial charge in [0.25, 0.3) is 0 Å². The van der Waals surface area contributed by atoms with Gasteiger partial charge in [-0.3, -0.25) is 9.97 Å². The van der Waals surface area contributed by atoms with Crippen LogP contribution in [0.2, 0.25) is 0 Å². The molecular formula is C22H16N4S2. The van der Waals surface area contributed by atoms with Crippen LogP contribution in [0.5, 0.6) is 0 Å². The zero-order valence-corrected chi connectivity index (χ0v) is 16.5. The first-order chi connectivity index (χ1) is 13.8. The van der Waals surface area contributed by atoms with E-state index < -0.39 is 0 Å². The second-order valence-electron chi connectivity index (χ2n) is 6.28. The van der Waals surface area contributed by atoms with Gasteiger partial charge in [-0.15, -0.1) is 22.7 Å². The molecule has 5 rings (SSSR count). The second-order valence-corrected chi connectivity index (χ2v) is 8.48. The van der Waals surface area contributed by atoms with Crippen LogP contribution in [-0.2, 0) is 6.54 Å². The Morgan fingerprint density at radius 1 is 0.893 bits per heavy atom. The molecule has 0 saturated heterocycles. The summed E-state index contributed by atoms with van der Waals surface area (Å²) in [7, 11) is 0. The summed E-state index contributed by atoms with van der Waals surface area (Å²) in [5.74, 6) is 0. The van der Waals surface area contributed by atoms with E-state index in [1.807, 2.05) is 36.7 Å². The van der Waals surface area contributed by atoms with Crippen LogP contribution in [0.25, 0.3) is 31.4 Å². The van der Waals surface area contributed by atoms with Gasteiger partial charge < -0.3 is 5.32 Å². The maximum Gasteiger partial charge on any atom is 0.124 e. The summed E-state index contributed by atoms with van der Waals surface area (Å²) in [6.07, 6.45) is 5.48. The van der Waals surface area contributed by atoms with E-state index in [1.54, 1.807) is 28.9 Å². The van der Waals surface area contributed by atoms with E-state index in [0.29, 0.717) is 0 Å². The second kappa shape index (κ2) is 7.50. The third-order valence-electron chi connectivity index (χ3n) is 4.35. The molecular weight excluding hydrogens is 384 g/mol. The molecule has 0 aliphatic carbocycles. The molecule has 0 saturated carbocycles. The first kappa shape index (κ1) is 17.0. The van der Waals surface area contributed by atoms with E-state index in [9.17, 15) is 0 Å². The fraction of sp³-hybridized carbons (Fsp3) is 0.0455. The van der Waals surface area contributed by atoms with Crippen molar-refractivity contribution in [3.8, 4) is 21.1 Å². The normalized spacial score (nSPS) is 11.0. The Balaban J connectivity index is 1.33. The summed E-state index contributed by atoms with van der Waals surface area (Å²) >= 11 is 3.43. The molecule has 28 heavy (non-hydrogen) atoms. The van der Waals surface area contributed by atoms with Crippen molar-refractivity contribution < 1.29 is 0 Å². The van der Waals surface area contributed by atoms with E-state index in [2.05, 4.69) is 51.7 Å². The van der Waals surface area contributed by atoms with Gasteiger partial charge in [0.1, 0.15) is 5.01 Å². The van der Waals surface area contributed by atoms with Crippen LogP contribution in [0, 0.1) is 0 Å². The smallest absolute Gasteiger partial charge is 0.124 e. The highest BCUT2D eigenvalue weighted by atomic mass is 32.1. The average molecular weight is 401 g/mol. The lowest BCUT2D eigenvalue weighted by molar-refractivity contribution is 1.19. The number of hydrogen-bond donors (Lipinski definition) is 1. The van der Waals surface area contributed by atoms with Gasteiger partial charge in [0.05, 0.1) is 20.8 Å². The minimum Gasteiger partial charge on any atom is -0.380 e. The Labute approximate surface area is 170 Å². The molecule has 4 heterocycles. The number of fused-ring (bicyclic) bond motifs is 1. The predicted molar refractivity (Wildman–Crippen MR) is 118 cm³/mol. The number of pyridine rings is 2. The van der Waals surface area contributed by atoms with Crippen LogP contribution in [0.1, 0.15) is 4.88 Å². The molecule has 5 aromatic rings. The largest absolute Gasteiger partial charge is 0.380 e.